The van der Waals surface area contributed by atoms with Gasteiger partial charge in [-0.3, -0.25) is 9.69 Å². The fraction of sp³-hybridized carbons (Fsp3) is 0.421. The highest BCUT2D eigenvalue weighted by atomic mass is 32.1. The van der Waals surface area contributed by atoms with Gasteiger partial charge in [-0.15, -0.1) is 11.3 Å². The van der Waals surface area contributed by atoms with Gasteiger partial charge in [-0.25, -0.2) is 0 Å². The van der Waals surface area contributed by atoms with Gasteiger partial charge in [0.2, 0.25) is 0 Å². The van der Waals surface area contributed by atoms with E-state index in [1.54, 1.807) is 18.3 Å². The summed E-state index contributed by atoms with van der Waals surface area (Å²) in [6.45, 7) is 6.20. The minimum absolute atomic E-state index is 0.158. The molecule has 1 aromatic heterocycles. The van der Waals surface area contributed by atoms with E-state index >= 15 is 0 Å². The van der Waals surface area contributed by atoms with E-state index in [4.69, 9.17) is 4.74 Å². The van der Waals surface area contributed by atoms with Crippen molar-refractivity contribution in [2.24, 2.45) is 0 Å². The van der Waals surface area contributed by atoms with Crippen LogP contribution in [0.3, 0.4) is 0 Å². The van der Waals surface area contributed by atoms with E-state index in [9.17, 15) is 4.79 Å². The number of Topliss-reactive ketones (excluding diaryl/α,β-unsaturated/α-hetero) is 1. The Balaban J connectivity index is 1.65. The fourth-order valence-corrected chi connectivity index (χ4v) is 3.53. The molecule has 0 saturated heterocycles. The molecule has 0 aliphatic heterocycles. The molecule has 1 heterocycles. The molecule has 0 bridgehead atoms. The Bertz CT molecular complexity index is 658. The zero-order valence-corrected chi connectivity index (χ0v) is 14.6. The van der Waals surface area contributed by atoms with E-state index in [1.807, 2.05) is 25.1 Å². The summed E-state index contributed by atoms with van der Waals surface area (Å²) >= 11 is 1.55. The molecular weight excluding hydrogens is 306 g/mol. The minimum Gasteiger partial charge on any atom is -0.494 e. The van der Waals surface area contributed by atoms with Crippen LogP contribution >= 0.6 is 11.3 Å². The zero-order chi connectivity index (χ0) is 16.2. The van der Waals surface area contributed by atoms with Gasteiger partial charge in [-0.1, -0.05) is 12.1 Å². The summed E-state index contributed by atoms with van der Waals surface area (Å²) in [6, 6.07) is 11.1. The van der Waals surface area contributed by atoms with Gasteiger partial charge < -0.3 is 4.74 Å². The molecule has 0 unspecified atom stereocenters. The number of carbonyl (C=O) groups is 1. The molecule has 23 heavy (non-hydrogen) atoms. The lowest BCUT2D eigenvalue weighted by Gasteiger charge is -2.21. The third-order valence-corrected chi connectivity index (χ3v) is 5.15. The van der Waals surface area contributed by atoms with Crippen molar-refractivity contribution in [2.45, 2.75) is 45.8 Å². The third-order valence-electron chi connectivity index (χ3n) is 4.07. The SMILES string of the molecule is CCOc1ccc(CN(Cc2csc(C(C)=O)c2)C2CC2)cc1. The maximum atomic E-state index is 11.5. The summed E-state index contributed by atoms with van der Waals surface area (Å²) in [5.74, 6) is 1.09. The molecule has 0 radical (unpaired) electrons. The summed E-state index contributed by atoms with van der Waals surface area (Å²) in [6.07, 6.45) is 2.56. The van der Waals surface area contributed by atoms with Crippen molar-refractivity contribution >= 4 is 17.1 Å². The molecule has 4 heteroatoms. The predicted molar refractivity (Wildman–Crippen MR) is 94.2 cm³/mol. The smallest absolute Gasteiger partial charge is 0.169 e. The molecule has 3 nitrogen and oxygen atoms in total. The average Bonchev–Trinajstić information content (AvgIpc) is 3.28. The van der Waals surface area contributed by atoms with Crippen molar-refractivity contribution in [1.29, 1.82) is 0 Å². The molecular formula is C19H23NO2S. The second-order valence-electron chi connectivity index (χ2n) is 6.09. The molecule has 2 aromatic rings. The van der Waals surface area contributed by atoms with Crippen LogP contribution in [0.25, 0.3) is 0 Å². The van der Waals surface area contributed by atoms with Crippen molar-refractivity contribution < 1.29 is 9.53 Å². The number of thiophene rings is 1. The lowest BCUT2D eigenvalue weighted by atomic mass is 10.2. The summed E-state index contributed by atoms with van der Waals surface area (Å²) in [5.41, 5.74) is 2.56. The Kier molecular flexibility index (Phi) is 5.13. The first-order chi connectivity index (χ1) is 11.2. The van der Waals surface area contributed by atoms with Crippen LogP contribution < -0.4 is 4.74 Å². The molecule has 122 valence electrons. The van der Waals surface area contributed by atoms with Crippen molar-refractivity contribution in [1.82, 2.24) is 4.90 Å². The topological polar surface area (TPSA) is 29.5 Å². The lowest BCUT2D eigenvalue weighted by molar-refractivity contribution is 0.102. The fourth-order valence-electron chi connectivity index (χ4n) is 2.72. The largest absolute Gasteiger partial charge is 0.494 e. The minimum atomic E-state index is 0.158. The van der Waals surface area contributed by atoms with Crippen LogP contribution in [0.1, 0.15) is 47.5 Å². The van der Waals surface area contributed by atoms with Crippen LogP contribution in [-0.4, -0.2) is 23.3 Å². The standard InChI is InChI=1S/C19H23NO2S/c1-3-22-18-8-4-15(5-9-18)11-20(17-6-7-17)12-16-10-19(14(2)21)23-13-16/h4-5,8-10,13,17H,3,6-7,11-12H2,1-2H3. The van der Waals surface area contributed by atoms with Crippen LogP contribution in [0.15, 0.2) is 35.7 Å². The van der Waals surface area contributed by atoms with Crippen molar-refractivity contribution in [2.75, 3.05) is 6.61 Å². The Morgan fingerprint density at radius 3 is 2.48 bits per heavy atom. The Hall–Kier alpha value is -1.65. The van der Waals surface area contributed by atoms with Crippen LogP contribution in [-0.2, 0) is 13.1 Å². The van der Waals surface area contributed by atoms with Gasteiger partial charge in [0.25, 0.3) is 0 Å². The first-order valence-electron chi connectivity index (χ1n) is 8.20. The monoisotopic (exact) mass is 329 g/mol. The van der Waals surface area contributed by atoms with Crippen molar-refractivity contribution in [3.8, 4) is 5.75 Å². The van der Waals surface area contributed by atoms with E-state index in [0.717, 1.165) is 23.7 Å². The normalized spacial score (nSPS) is 14.2. The number of hydrogen-bond donors (Lipinski definition) is 0. The predicted octanol–water partition coefficient (Wildman–Crippen LogP) is 4.51. The number of rotatable bonds is 8. The van der Waals surface area contributed by atoms with Gasteiger partial charge in [-0.2, -0.15) is 0 Å². The van der Waals surface area contributed by atoms with E-state index in [-0.39, 0.29) is 5.78 Å². The van der Waals surface area contributed by atoms with E-state index in [2.05, 4.69) is 22.4 Å². The second kappa shape index (κ2) is 7.28. The molecule has 1 fully saturated rings. The number of ketones is 1. The van der Waals surface area contributed by atoms with E-state index in [0.29, 0.717) is 12.6 Å². The molecule has 0 N–H and O–H groups in total. The van der Waals surface area contributed by atoms with Crippen LogP contribution in [0.5, 0.6) is 5.75 Å². The zero-order valence-electron chi connectivity index (χ0n) is 13.7. The number of nitrogens with zero attached hydrogens (tertiary/aromatic N) is 1. The highest BCUT2D eigenvalue weighted by Gasteiger charge is 2.29. The van der Waals surface area contributed by atoms with Gasteiger partial charge in [0.1, 0.15) is 5.75 Å². The molecule has 0 atom stereocenters. The van der Waals surface area contributed by atoms with Gasteiger partial charge in [0.15, 0.2) is 5.78 Å². The van der Waals surface area contributed by atoms with E-state index < -0.39 is 0 Å². The lowest BCUT2D eigenvalue weighted by Crippen LogP contribution is -2.24. The van der Waals surface area contributed by atoms with Gasteiger partial charge in [-0.05, 0) is 61.4 Å². The van der Waals surface area contributed by atoms with Crippen LogP contribution in [0, 0.1) is 0 Å². The Morgan fingerprint density at radius 1 is 1.22 bits per heavy atom. The summed E-state index contributed by atoms with van der Waals surface area (Å²) in [5, 5.41) is 2.12. The molecule has 1 aliphatic rings. The molecule has 1 saturated carbocycles. The summed E-state index contributed by atoms with van der Waals surface area (Å²) in [4.78, 5) is 14.8. The van der Waals surface area contributed by atoms with Crippen LogP contribution in [0.2, 0.25) is 0 Å². The van der Waals surface area contributed by atoms with Gasteiger partial charge >= 0.3 is 0 Å². The Labute approximate surface area is 141 Å². The first kappa shape index (κ1) is 16.2. The first-order valence-corrected chi connectivity index (χ1v) is 9.08. The maximum Gasteiger partial charge on any atom is 0.169 e. The summed E-state index contributed by atoms with van der Waals surface area (Å²) in [7, 11) is 0. The number of ether oxygens (including phenoxy) is 1. The maximum absolute atomic E-state index is 11.5. The van der Waals surface area contributed by atoms with Crippen molar-refractivity contribution in [3.63, 3.8) is 0 Å². The molecule has 1 aliphatic carbocycles. The number of benzene rings is 1. The third kappa shape index (κ3) is 4.43. The average molecular weight is 329 g/mol. The second-order valence-corrected chi connectivity index (χ2v) is 7.00. The van der Waals surface area contributed by atoms with Gasteiger partial charge in [0.05, 0.1) is 11.5 Å². The molecule has 3 rings (SSSR count). The Morgan fingerprint density at radius 2 is 1.91 bits per heavy atom. The highest BCUT2D eigenvalue weighted by Crippen LogP contribution is 2.31. The summed E-state index contributed by atoms with van der Waals surface area (Å²) < 4.78 is 5.50. The van der Waals surface area contributed by atoms with Crippen LogP contribution in [0.4, 0.5) is 0 Å². The molecule has 0 amide bonds. The van der Waals surface area contributed by atoms with E-state index in [1.165, 1.54) is 24.0 Å². The number of hydrogen-bond acceptors (Lipinski definition) is 4. The van der Waals surface area contributed by atoms with Crippen molar-refractivity contribution in [3.05, 3.63) is 51.7 Å². The molecule has 0 spiro atoms. The number of carbonyl (C=O) groups excluding carboxylic acids is 1. The molecule has 1 aromatic carbocycles. The highest BCUT2D eigenvalue weighted by molar-refractivity contribution is 7.12. The quantitative estimate of drug-likeness (QED) is 0.667. The van der Waals surface area contributed by atoms with Gasteiger partial charge in [0, 0.05) is 19.1 Å².